The van der Waals surface area contributed by atoms with Crippen molar-refractivity contribution < 1.29 is 8.42 Å². The molecule has 0 aromatic heterocycles. The molecular formula is C19H23ClN4O2S. The molecule has 1 aliphatic heterocycles. The van der Waals surface area contributed by atoms with E-state index in [1.807, 2.05) is 24.1 Å². The van der Waals surface area contributed by atoms with Gasteiger partial charge in [0.05, 0.1) is 10.6 Å². The van der Waals surface area contributed by atoms with E-state index in [1.54, 1.807) is 30.3 Å². The molecule has 1 aliphatic rings. The van der Waals surface area contributed by atoms with Crippen molar-refractivity contribution in [1.82, 2.24) is 10.3 Å². The Morgan fingerprint density at radius 1 is 1.15 bits per heavy atom. The van der Waals surface area contributed by atoms with Gasteiger partial charge in [0.25, 0.3) is 10.0 Å². The lowest BCUT2D eigenvalue weighted by Crippen LogP contribution is -2.26. The number of nitrogens with zero attached hydrogens (tertiary/aromatic N) is 2. The molecule has 0 amide bonds. The first-order chi connectivity index (χ1) is 12.6. The quantitative estimate of drug-likeness (QED) is 0.813. The van der Waals surface area contributed by atoms with Crippen LogP contribution in [0.15, 0.2) is 52.5 Å². The van der Waals surface area contributed by atoms with E-state index >= 15 is 0 Å². The SMILES string of the molecule is CN1CNN=C1c1cc(Cl)ccc1NS(=O)(=O)c1ccc(C(C)(C)C)cc1. The number of nitrogens with one attached hydrogen (secondary N) is 2. The molecule has 0 fully saturated rings. The van der Waals surface area contributed by atoms with Crippen molar-refractivity contribution in [1.29, 1.82) is 0 Å². The van der Waals surface area contributed by atoms with Crippen LogP contribution in [0.1, 0.15) is 31.9 Å². The third kappa shape index (κ3) is 4.20. The lowest BCUT2D eigenvalue weighted by molar-refractivity contribution is 0.507. The first-order valence-electron chi connectivity index (χ1n) is 8.53. The molecule has 2 aromatic rings. The third-order valence-electron chi connectivity index (χ3n) is 4.35. The van der Waals surface area contributed by atoms with Crippen molar-refractivity contribution in [3.8, 4) is 0 Å². The van der Waals surface area contributed by atoms with Gasteiger partial charge in [0.2, 0.25) is 0 Å². The molecule has 6 nitrogen and oxygen atoms in total. The summed E-state index contributed by atoms with van der Waals surface area (Å²) < 4.78 is 28.4. The van der Waals surface area contributed by atoms with Crippen LogP contribution in [0.4, 0.5) is 5.69 Å². The Bertz CT molecular complexity index is 980. The predicted molar refractivity (Wildman–Crippen MR) is 110 cm³/mol. The highest BCUT2D eigenvalue weighted by molar-refractivity contribution is 7.92. The van der Waals surface area contributed by atoms with Crippen molar-refractivity contribution >= 4 is 33.1 Å². The number of halogens is 1. The summed E-state index contributed by atoms with van der Waals surface area (Å²) >= 11 is 6.12. The molecule has 0 saturated carbocycles. The molecule has 2 aromatic carbocycles. The van der Waals surface area contributed by atoms with Gasteiger partial charge in [0.1, 0.15) is 6.67 Å². The molecule has 1 heterocycles. The second-order valence-electron chi connectivity index (χ2n) is 7.52. The monoisotopic (exact) mass is 406 g/mol. The minimum absolute atomic E-state index is 0.0444. The number of hydrazone groups is 1. The second-order valence-corrected chi connectivity index (χ2v) is 9.64. The number of amidine groups is 1. The van der Waals surface area contributed by atoms with Crippen LogP contribution in [-0.2, 0) is 15.4 Å². The standard InChI is InChI=1S/C19H23ClN4O2S/c1-19(2,3)13-5-8-15(9-6-13)27(25,26)23-17-10-7-14(20)11-16(17)18-22-21-12-24(18)4/h5-11,21,23H,12H2,1-4H3. The summed E-state index contributed by atoms with van der Waals surface area (Å²) in [6.45, 7) is 6.80. The Balaban J connectivity index is 1.95. The minimum Gasteiger partial charge on any atom is -0.339 e. The molecule has 144 valence electrons. The molecule has 0 bridgehead atoms. The summed E-state index contributed by atoms with van der Waals surface area (Å²) in [6, 6.07) is 11.9. The van der Waals surface area contributed by atoms with Gasteiger partial charge in [0.15, 0.2) is 5.84 Å². The smallest absolute Gasteiger partial charge is 0.261 e. The molecule has 0 saturated heterocycles. The number of rotatable bonds is 4. The number of anilines is 1. The van der Waals surface area contributed by atoms with Gasteiger partial charge in [-0.25, -0.2) is 8.42 Å². The summed E-state index contributed by atoms with van der Waals surface area (Å²) in [7, 11) is -1.88. The molecule has 0 unspecified atom stereocenters. The van der Waals surface area contributed by atoms with Crippen molar-refractivity contribution in [3.63, 3.8) is 0 Å². The van der Waals surface area contributed by atoms with E-state index in [9.17, 15) is 8.42 Å². The van der Waals surface area contributed by atoms with Crippen molar-refractivity contribution in [3.05, 3.63) is 58.6 Å². The van der Waals surface area contributed by atoms with Gasteiger partial charge in [-0.05, 0) is 41.3 Å². The first-order valence-corrected chi connectivity index (χ1v) is 10.4. The number of hydrogen-bond acceptors (Lipinski definition) is 5. The maximum Gasteiger partial charge on any atom is 0.261 e. The summed E-state index contributed by atoms with van der Waals surface area (Å²) in [5, 5.41) is 4.73. The van der Waals surface area contributed by atoms with Crippen molar-refractivity contribution in [2.45, 2.75) is 31.1 Å². The lowest BCUT2D eigenvalue weighted by atomic mass is 9.87. The molecular weight excluding hydrogens is 384 g/mol. The molecule has 27 heavy (non-hydrogen) atoms. The summed E-state index contributed by atoms with van der Waals surface area (Å²) in [5.74, 6) is 0.623. The van der Waals surface area contributed by atoms with Crippen LogP contribution in [0.2, 0.25) is 5.02 Å². The lowest BCUT2D eigenvalue weighted by Gasteiger charge is -2.20. The Hall–Kier alpha value is -2.25. The highest BCUT2D eigenvalue weighted by atomic mass is 35.5. The Morgan fingerprint density at radius 2 is 1.81 bits per heavy atom. The van der Waals surface area contributed by atoms with Crippen LogP contribution < -0.4 is 10.1 Å². The molecule has 0 radical (unpaired) electrons. The van der Waals surface area contributed by atoms with Crippen LogP contribution in [-0.4, -0.2) is 32.9 Å². The van der Waals surface area contributed by atoms with Gasteiger partial charge < -0.3 is 4.90 Å². The summed E-state index contributed by atoms with van der Waals surface area (Å²) in [4.78, 5) is 2.08. The zero-order chi connectivity index (χ0) is 19.8. The Labute approximate surface area is 165 Å². The van der Waals surface area contributed by atoms with Crippen LogP contribution in [0.3, 0.4) is 0 Å². The van der Waals surface area contributed by atoms with Crippen molar-refractivity contribution in [2.75, 3.05) is 18.4 Å². The van der Waals surface area contributed by atoms with Crippen LogP contribution in [0.5, 0.6) is 0 Å². The Kier molecular flexibility index (Phi) is 5.10. The number of sulfonamides is 1. The summed E-state index contributed by atoms with van der Waals surface area (Å²) in [6.07, 6.45) is 0. The minimum atomic E-state index is -3.74. The van der Waals surface area contributed by atoms with E-state index in [1.165, 1.54) is 0 Å². The molecule has 8 heteroatoms. The van der Waals surface area contributed by atoms with E-state index in [0.29, 0.717) is 28.8 Å². The maximum atomic E-state index is 12.9. The van der Waals surface area contributed by atoms with E-state index in [-0.39, 0.29) is 10.3 Å². The molecule has 0 spiro atoms. The fourth-order valence-electron chi connectivity index (χ4n) is 2.77. The third-order valence-corrected chi connectivity index (χ3v) is 5.97. The van der Waals surface area contributed by atoms with Gasteiger partial charge >= 0.3 is 0 Å². The largest absolute Gasteiger partial charge is 0.339 e. The maximum absolute atomic E-state index is 12.9. The topological polar surface area (TPSA) is 73.8 Å². The molecule has 0 atom stereocenters. The highest BCUT2D eigenvalue weighted by Crippen LogP contribution is 2.27. The first kappa shape index (κ1) is 19.5. The summed E-state index contributed by atoms with van der Waals surface area (Å²) in [5.41, 5.74) is 4.94. The fraction of sp³-hybridized carbons (Fsp3) is 0.316. The predicted octanol–water partition coefficient (Wildman–Crippen LogP) is 3.59. The van der Waals surface area contributed by atoms with E-state index in [2.05, 4.69) is 36.0 Å². The van der Waals surface area contributed by atoms with Crippen LogP contribution in [0.25, 0.3) is 0 Å². The van der Waals surface area contributed by atoms with Gasteiger partial charge in [-0.2, -0.15) is 5.10 Å². The van der Waals surface area contributed by atoms with Crippen LogP contribution >= 0.6 is 11.6 Å². The molecule has 3 rings (SSSR count). The number of benzene rings is 2. The van der Waals surface area contributed by atoms with E-state index < -0.39 is 10.0 Å². The van der Waals surface area contributed by atoms with Crippen molar-refractivity contribution in [2.24, 2.45) is 5.10 Å². The van der Waals surface area contributed by atoms with Gasteiger partial charge in [-0.1, -0.05) is 44.5 Å². The highest BCUT2D eigenvalue weighted by Gasteiger charge is 2.23. The van der Waals surface area contributed by atoms with Crippen LogP contribution in [0, 0.1) is 0 Å². The number of hydrogen-bond donors (Lipinski definition) is 2. The van der Waals surface area contributed by atoms with Gasteiger partial charge in [-0.15, -0.1) is 0 Å². The van der Waals surface area contributed by atoms with E-state index in [4.69, 9.17) is 11.6 Å². The second kappa shape index (κ2) is 7.05. The zero-order valence-electron chi connectivity index (χ0n) is 15.7. The fourth-order valence-corrected chi connectivity index (χ4v) is 4.02. The normalized spacial score (nSPS) is 14.7. The average Bonchev–Trinajstić information content (AvgIpc) is 3.01. The van der Waals surface area contributed by atoms with Gasteiger partial charge in [0, 0.05) is 17.6 Å². The van der Waals surface area contributed by atoms with Gasteiger partial charge in [-0.3, -0.25) is 10.1 Å². The zero-order valence-corrected chi connectivity index (χ0v) is 17.3. The Morgan fingerprint density at radius 3 is 2.37 bits per heavy atom. The molecule has 0 aliphatic carbocycles. The average molecular weight is 407 g/mol. The molecule has 2 N–H and O–H groups in total. The van der Waals surface area contributed by atoms with E-state index in [0.717, 1.165) is 5.56 Å².